The van der Waals surface area contributed by atoms with Gasteiger partial charge in [0.15, 0.2) is 29.1 Å². The van der Waals surface area contributed by atoms with E-state index in [2.05, 4.69) is 10.4 Å². The molecule has 0 spiro atoms. The second-order valence-corrected chi connectivity index (χ2v) is 7.27. The maximum absolute atomic E-state index is 13.8. The molecule has 1 N–H and O–H groups in total. The lowest BCUT2D eigenvalue weighted by Gasteiger charge is -2.07. The summed E-state index contributed by atoms with van der Waals surface area (Å²) in [4.78, 5) is 12.4. The minimum Gasteiger partial charge on any atom is -0.309 e. The van der Waals surface area contributed by atoms with Gasteiger partial charge in [0, 0.05) is 29.3 Å². The Morgan fingerprint density at radius 1 is 1.10 bits per heavy atom. The molecule has 4 nitrogen and oxygen atoms in total. The van der Waals surface area contributed by atoms with Gasteiger partial charge >= 0.3 is 0 Å². The first-order chi connectivity index (χ1) is 13.8. The van der Waals surface area contributed by atoms with E-state index in [9.17, 15) is 22.4 Å². The lowest BCUT2D eigenvalue weighted by atomic mass is 10.1. The number of rotatable bonds is 5. The fraction of sp³-hybridized carbons (Fsp3) is 0.200. The van der Waals surface area contributed by atoms with Gasteiger partial charge in [0.1, 0.15) is 0 Å². The van der Waals surface area contributed by atoms with Gasteiger partial charge < -0.3 is 5.32 Å². The summed E-state index contributed by atoms with van der Waals surface area (Å²) in [6, 6.07) is 8.85. The van der Waals surface area contributed by atoms with Gasteiger partial charge in [-0.1, -0.05) is 23.7 Å². The average Bonchev–Trinajstić information content (AvgIpc) is 3.38. The molecule has 1 saturated carbocycles. The number of aromatic nitrogens is 2. The van der Waals surface area contributed by atoms with Crippen molar-refractivity contribution in [3.05, 3.63) is 82.0 Å². The summed E-state index contributed by atoms with van der Waals surface area (Å²) >= 11 is 5.86. The fourth-order valence-corrected chi connectivity index (χ4v) is 3.35. The molecular formula is C20H14ClF4N3O. The maximum Gasteiger partial charge on any atom is 0.229 e. The minimum absolute atomic E-state index is 0.0906. The van der Waals surface area contributed by atoms with Gasteiger partial charge in [-0.05, 0) is 30.0 Å². The Hall–Kier alpha value is -2.87. The van der Waals surface area contributed by atoms with Crippen LogP contribution in [0.15, 0.2) is 42.6 Å². The highest BCUT2D eigenvalue weighted by Gasteiger charge is 2.44. The van der Waals surface area contributed by atoms with Crippen LogP contribution in [0.25, 0.3) is 0 Å². The number of nitrogens with zero attached hydrogens (tertiary/aromatic N) is 2. The number of amides is 1. The Bertz CT molecular complexity index is 1060. The third-order valence-electron chi connectivity index (χ3n) is 4.84. The molecule has 0 saturated heterocycles. The lowest BCUT2D eigenvalue weighted by molar-refractivity contribution is -0.117. The van der Waals surface area contributed by atoms with Gasteiger partial charge in [0.05, 0.1) is 12.1 Å². The molecule has 2 unspecified atom stereocenters. The van der Waals surface area contributed by atoms with E-state index >= 15 is 0 Å². The van der Waals surface area contributed by atoms with Gasteiger partial charge in [-0.15, -0.1) is 0 Å². The van der Waals surface area contributed by atoms with E-state index in [0.29, 0.717) is 11.4 Å². The smallest absolute Gasteiger partial charge is 0.229 e. The first-order valence-electron chi connectivity index (χ1n) is 8.75. The summed E-state index contributed by atoms with van der Waals surface area (Å²) in [7, 11) is 0. The molecule has 29 heavy (non-hydrogen) atoms. The zero-order valence-electron chi connectivity index (χ0n) is 14.8. The van der Waals surface area contributed by atoms with Crippen LogP contribution >= 0.6 is 11.6 Å². The van der Waals surface area contributed by atoms with Crippen molar-refractivity contribution in [2.45, 2.75) is 18.9 Å². The van der Waals surface area contributed by atoms with Crippen LogP contribution in [0, 0.1) is 29.2 Å². The van der Waals surface area contributed by atoms with Crippen molar-refractivity contribution in [2.24, 2.45) is 5.92 Å². The van der Waals surface area contributed by atoms with Crippen LogP contribution in [0.1, 0.15) is 23.5 Å². The highest BCUT2D eigenvalue weighted by Crippen LogP contribution is 2.48. The molecular weight excluding hydrogens is 410 g/mol. The molecule has 2 aromatic carbocycles. The summed E-state index contributed by atoms with van der Waals surface area (Å²) in [5.74, 6) is -6.11. The molecule has 1 heterocycles. The monoisotopic (exact) mass is 423 g/mol. The maximum atomic E-state index is 13.8. The molecule has 4 rings (SSSR count). The van der Waals surface area contributed by atoms with Crippen LogP contribution in [0.3, 0.4) is 0 Å². The van der Waals surface area contributed by atoms with Gasteiger partial charge in [0.2, 0.25) is 5.91 Å². The van der Waals surface area contributed by atoms with E-state index < -0.39 is 35.4 Å². The summed E-state index contributed by atoms with van der Waals surface area (Å²) in [6.45, 7) is -0.529. The summed E-state index contributed by atoms with van der Waals surface area (Å²) in [5, 5.41) is 7.25. The molecule has 1 aliphatic rings. The summed E-state index contributed by atoms with van der Waals surface area (Å²) in [6.07, 6.45) is 2.04. The van der Waals surface area contributed by atoms with E-state index in [1.807, 2.05) is 12.1 Å². The predicted octanol–water partition coefficient (Wildman–Crippen LogP) is 4.88. The first kappa shape index (κ1) is 19.4. The second kappa shape index (κ2) is 7.51. The zero-order valence-corrected chi connectivity index (χ0v) is 15.6. The molecule has 3 aromatic rings. The highest BCUT2D eigenvalue weighted by atomic mass is 35.5. The van der Waals surface area contributed by atoms with Crippen molar-refractivity contribution in [1.29, 1.82) is 0 Å². The number of nitrogens with one attached hydrogen (secondary N) is 1. The molecule has 2 atom stereocenters. The van der Waals surface area contributed by atoms with Crippen molar-refractivity contribution < 1.29 is 22.4 Å². The quantitative estimate of drug-likeness (QED) is 0.469. The molecule has 1 aromatic heterocycles. The topological polar surface area (TPSA) is 46.9 Å². The van der Waals surface area contributed by atoms with Crippen LogP contribution in [0.4, 0.5) is 23.4 Å². The normalized spacial score (nSPS) is 18.0. The number of carbonyl (C=O) groups excluding carboxylic acids is 1. The molecule has 1 amide bonds. The zero-order chi connectivity index (χ0) is 20.7. The van der Waals surface area contributed by atoms with E-state index in [1.54, 1.807) is 12.1 Å². The lowest BCUT2D eigenvalue weighted by Crippen LogP contribution is -2.15. The van der Waals surface area contributed by atoms with Crippen molar-refractivity contribution >= 4 is 23.3 Å². The van der Waals surface area contributed by atoms with E-state index in [1.165, 1.54) is 12.3 Å². The van der Waals surface area contributed by atoms with Crippen LogP contribution < -0.4 is 5.32 Å². The second-order valence-electron chi connectivity index (χ2n) is 6.83. The summed E-state index contributed by atoms with van der Waals surface area (Å²) < 4.78 is 55.3. The van der Waals surface area contributed by atoms with Crippen LogP contribution in [0.2, 0.25) is 5.02 Å². The molecule has 9 heteroatoms. The fourth-order valence-electron chi connectivity index (χ4n) is 3.22. The third kappa shape index (κ3) is 3.98. The number of hydrogen-bond donors (Lipinski definition) is 1. The molecule has 1 aliphatic carbocycles. The third-order valence-corrected chi connectivity index (χ3v) is 5.09. The number of halogens is 5. The van der Waals surface area contributed by atoms with Crippen molar-refractivity contribution in [3.8, 4) is 0 Å². The number of carbonyl (C=O) groups is 1. The Balaban J connectivity index is 1.42. The Morgan fingerprint density at radius 2 is 1.76 bits per heavy atom. The van der Waals surface area contributed by atoms with Gasteiger partial charge in [-0.25, -0.2) is 17.6 Å². The van der Waals surface area contributed by atoms with Gasteiger partial charge in [0.25, 0.3) is 0 Å². The van der Waals surface area contributed by atoms with E-state index in [-0.39, 0.29) is 29.6 Å². The van der Waals surface area contributed by atoms with Crippen LogP contribution in [-0.4, -0.2) is 15.7 Å². The molecule has 0 bridgehead atoms. The predicted molar refractivity (Wildman–Crippen MR) is 98.5 cm³/mol. The summed E-state index contributed by atoms with van der Waals surface area (Å²) in [5.41, 5.74) is 0.229. The Labute approximate surface area is 168 Å². The molecule has 0 aliphatic heterocycles. The van der Waals surface area contributed by atoms with Crippen LogP contribution in [-0.2, 0) is 11.3 Å². The van der Waals surface area contributed by atoms with E-state index in [0.717, 1.165) is 10.2 Å². The Kier molecular flexibility index (Phi) is 5.04. The van der Waals surface area contributed by atoms with Gasteiger partial charge in [-0.2, -0.15) is 5.10 Å². The molecule has 0 radical (unpaired) electrons. The minimum atomic E-state index is -1.48. The first-order valence-corrected chi connectivity index (χ1v) is 9.13. The largest absolute Gasteiger partial charge is 0.309 e. The van der Waals surface area contributed by atoms with Crippen molar-refractivity contribution in [2.75, 3.05) is 5.32 Å². The molecule has 150 valence electrons. The van der Waals surface area contributed by atoms with Crippen molar-refractivity contribution in [1.82, 2.24) is 9.78 Å². The average molecular weight is 424 g/mol. The SMILES string of the molecule is O=C(Nc1ccn(Cc2c(F)c(F)cc(F)c2F)n1)C1CC1c1ccc(Cl)cc1. The molecule has 1 fully saturated rings. The number of hydrogen-bond acceptors (Lipinski definition) is 2. The Morgan fingerprint density at radius 3 is 2.41 bits per heavy atom. The standard InChI is InChI=1S/C20H14ClF4N3O/c21-11-3-1-10(2-4-11)12-7-13(12)20(29)26-17-5-6-28(27-17)9-14-18(24)15(22)8-16(23)19(14)25/h1-6,8,12-13H,7,9H2,(H,26,27,29). The van der Waals surface area contributed by atoms with E-state index in [4.69, 9.17) is 11.6 Å². The van der Waals surface area contributed by atoms with Crippen molar-refractivity contribution in [3.63, 3.8) is 0 Å². The number of anilines is 1. The van der Waals surface area contributed by atoms with Crippen LogP contribution in [0.5, 0.6) is 0 Å². The van der Waals surface area contributed by atoms with Gasteiger partial charge in [-0.3, -0.25) is 9.48 Å². The number of benzene rings is 2. The highest BCUT2D eigenvalue weighted by molar-refractivity contribution is 6.30.